The third kappa shape index (κ3) is 4.26. The van der Waals surface area contributed by atoms with Crippen LogP contribution in [0.4, 0.5) is 4.39 Å². The number of benzene rings is 1. The van der Waals surface area contributed by atoms with E-state index in [1.54, 1.807) is 23.5 Å². The van der Waals surface area contributed by atoms with Gasteiger partial charge in [-0.2, -0.15) is 0 Å². The van der Waals surface area contributed by atoms with Gasteiger partial charge in [0.25, 0.3) is 0 Å². The molecule has 0 unspecified atom stereocenters. The molecule has 3 rings (SSSR count). The van der Waals surface area contributed by atoms with Crippen LogP contribution in [0.15, 0.2) is 18.2 Å². The van der Waals surface area contributed by atoms with Gasteiger partial charge in [-0.15, -0.1) is 21.5 Å². The van der Waals surface area contributed by atoms with E-state index in [1.807, 2.05) is 26.8 Å². The summed E-state index contributed by atoms with van der Waals surface area (Å²) in [6.07, 6.45) is 2.40. The quantitative estimate of drug-likeness (QED) is 0.824. The van der Waals surface area contributed by atoms with E-state index in [2.05, 4.69) is 15.5 Å². The highest BCUT2D eigenvalue weighted by Crippen LogP contribution is 2.31. The predicted molar refractivity (Wildman–Crippen MR) is 89.2 cm³/mol. The van der Waals surface area contributed by atoms with Crippen LogP contribution in [0.1, 0.15) is 54.4 Å². The molecular formula is C17H22FN3OS. The van der Waals surface area contributed by atoms with E-state index in [1.165, 1.54) is 12.8 Å². The van der Waals surface area contributed by atoms with Crippen LogP contribution >= 0.6 is 11.3 Å². The molecule has 23 heavy (non-hydrogen) atoms. The fourth-order valence-corrected chi connectivity index (χ4v) is 3.14. The predicted octanol–water partition coefficient (Wildman–Crippen LogP) is 4.19. The summed E-state index contributed by atoms with van der Waals surface area (Å²) in [7, 11) is 0. The van der Waals surface area contributed by atoms with E-state index in [0.29, 0.717) is 18.3 Å². The molecule has 0 aliphatic heterocycles. The van der Waals surface area contributed by atoms with E-state index in [9.17, 15) is 4.39 Å². The Morgan fingerprint density at radius 2 is 2.09 bits per heavy atom. The highest BCUT2D eigenvalue weighted by Gasteiger charge is 2.22. The van der Waals surface area contributed by atoms with Crippen LogP contribution in [0.5, 0.6) is 5.75 Å². The van der Waals surface area contributed by atoms with Gasteiger partial charge in [0.15, 0.2) is 11.6 Å². The first kappa shape index (κ1) is 16.3. The van der Waals surface area contributed by atoms with Gasteiger partial charge in [0.1, 0.15) is 10.0 Å². The second-order valence-corrected chi connectivity index (χ2v) is 7.43. The number of rotatable bonds is 7. The molecule has 1 aromatic heterocycles. The highest BCUT2D eigenvalue weighted by molar-refractivity contribution is 7.11. The second kappa shape index (κ2) is 6.93. The molecule has 0 bridgehead atoms. The number of aromatic nitrogens is 2. The van der Waals surface area contributed by atoms with Crippen molar-refractivity contribution in [3.05, 3.63) is 39.6 Å². The number of hydrogen-bond acceptors (Lipinski definition) is 5. The lowest BCUT2D eigenvalue weighted by atomic mass is 10.1. The summed E-state index contributed by atoms with van der Waals surface area (Å²) in [6.45, 7) is 6.62. The molecule has 0 radical (unpaired) electrons. The lowest BCUT2D eigenvalue weighted by Crippen LogP contribution is -2.22. The molecule has 1 saturated carbocycles. The van der Waals surface area contributed by atoms with Gasteiger partial charge in [-0.05, 0) is 57.2 Å². The molecule has 6 heteroatoms. The van der Waals surface area contributed by atoms with Crippen LogP contribution in [-0.4, -0.2) is 16.8 Å². The second-order valence-electron chi connectivity index (χ2n) is 6.21. The minimum Gasteiger partial charge on any atom is -0.490 e. The maximum Gasteiger partial charge on any atom is 0.165 e. The highest BCUT2D eigenvalue weighted by atomic mass is 32.1. The topological polar surface area (TPSA) is 47.0 Å². The summed E-state index contributed by atoms with van der Waals surface area (Å²) in [5.41, 5.74) is 0.898. The normalized spacial score (nSPS) is 17.0. The first-order valence-electron chi connectivity index (χ1n) is 8.01. The Bertz CT molecular complexity index is 672. The molecule has 1 aliphatic rings. The summed E-state index contributed by atoms with van der Waals surface area (Å²) in [5, 5.41) is 13.5. The standard InChI is InChI=1S/C17H22FN3OS/c1-10(19-11(2)17-21-20-12(3)23-17)14-6-7-16(15(18)8-14)22-9-13-4-5-13/h6-8,10-11,13,19H,4-5,9H2,1-3H3/t10-,11+/m0/s1. The smallest absolute Gasteiger partial charge is 0.165 e. The van der Waals surface area contributed by atoms with Crippen molar-refractivity contribution in [1.82, 2.24) is 15.5 Å². The number of nitrogens with one attached hydrogen (secondary N) is 1. The Balaban J connectivity index is 1.61. The summed E-state index contributed by atoms with van der Waals surface area (Å²) in [4.78, 5) is 0. The lowest BCUT2D eigenvalue weighted by Gasteiger charge is -2.19. The molecule has 4 nitrogen and oxygen atoms in total. The van der Waals surface area contributed by atoms with Crippen molar-refractivity contribution < 1.29 is 9.13 Å². The number of ether oxygens (including phenoxy) is 1. The van der Waals surface area contributed by atoms with Crippen molar-refractivity contribution >= 4 is 11.3 Å². The zero-order valence-electron chi connectivity index (χ0n) is 13.7. The van der Waals surface area contributed by atoms with Crippen molar-refractivity contribution in [2.24, 2.45) is 5.92 Å². The average Bonchev–Trinajstić information content (AvgIpc) is 3.25. The Morgan fingerprint density at radius 1 is 1.30 bits per heavy atom. The van der Waals surface area contributed by atoms with Gasteiger partial charge in [-0.1, -0.05) is 6.07 Å². The van der Waals surface area contributed by atoms with Crippen LogP contribution in [0.25, 0.3) is 0 Å². The van der Waals surface area contributed by atoms with Crippen molar-refractivity contribution in [3.63, 3.8) is 0 Å². The van der Waals surface area contributed by atoms with Crippen molar-refractivity contribution in [3.8, 4) is 5.75 Å². The Morgan fingerprint density at radius 3 is 2.70 bits per heavy atom. The molecule has 2 aromatic rings. The molecule has 0 spiro atoms. The first-order valence-corrected chi connectivity index (χ1v) is 8.83. The molecule has 0 saturated heterocycles. The first-order chi connectivity index (χ1) is 11.0. The summed E-state index contributed by atoms with van der Waals surface area (Å²) in [5.74, 6) is 0.669. The van der Waals surface area contributed by atoms with Gasteiger partial charge < -0.3 is 10.1 Å². The molecule has 1 N–H and O–H groups in total. The maximum atomic E-state index is 14.2. The number of nitrogens with zero attached hydrogens (tertiary/aromatic N) is 2. The SMILES string of the molecule is Cc1nnc([C@@H](C)N[C@@H](C)c2ccc(OCC3CC3)c(F)c2)s1. The van der Waals surface area contributed by atoms with Crippen LogP contribution in [-0.2, 0) is 0 Å². The Labute approximate surface area is 140 Å². The maximum absolute atomic E-state index is 14.2. The summed E-state index contributed by atoms with van der Waals surface area (Å²) < 4.78 is 19.7. The number of hydrogen-bond donors (Lipinski definition) is 1. The molecule has 1 heterocycles. The Kier molecular flexibility index (Phi) is 4.92. The molecule has 124 valence electrons. The summed E-state index contributed by atoms with van der Waals surface area (Å²) in [6, 6.07) is 5.29. The molecule has 1 aromatic carbocycles. The number of aryl methyl sites for hydroxylation is 1. The molecule has 1 aliphatic carbocycles. The zero-order chi connectivity index (χ0) is 16.4. The van der Waals surface area contributed by atoms with Gasteiger partial charge in [0.05, 0.1) is 12.6 Å². The van der Waals surface area contributed by atoms with Crippen molar-refractivity contribution in [1.29, 1.82) is 0 Å². The van der Waals surface area contributed by atoms with E-state index in [-0.39, 0.29) is 17.9 Å². The van der Waals surface area contributed by atoms with Gasteiger partial charge in [-0.3, -0.25) is 0 Å². The third-order valence-corrected chi connectivity index (χ3v) is 5.06. The van der Waals surface area contributed by atoms with E-state index in [0.717, 1.165) is 15.6 Å². The average molecular weight is 335 g/mol. The fourth-order valence-electron chi connectivity index (χ4n) is 2.42. The van der Waals surface area contributed by atoms with Gasteiger partial charge >= 0.3 is 0 Å². The van der Waals surface area contributed by atoms with Crippen LogP contribution in [0.3, 0.4) is 0 Å². The minimum absolute atomic E-state index is 0.0150. The third-order valence-electron chi connectivity index (χ3n) is 4.04. The molecule has 1 fully saturated rings. The zero-order valence-corrected chi connectivity index (χ0v) is 14.5. The van der Waals surface area contributed by atoms with Crippen LogP contribution in [0, 0.1) is 18.7 Å². The van der Waals surface area contributed by atoms with E-state index >= 15 is 0 Å². The van der Waals surface area contributed by atoms with Crippen molar-refractivity contribution in [2.75, 3.05) is 6.61 Å². The fraction of sp³-hybridized carbons (Fsp3) is 0.529. The van der Waals surface area contributed by atoms with E-state index in [4.69, 9.17) is 4.74 Å². The molecule has 0 amide bonds. The summed E-state index contributed by atoms with van der Waals surface area (Å²) >= 11 is 1.57. The van der Waals surface area contributed by atoms with E-state index < -0.39 is 0 Å². The molecular weight excluding hydrogens is 313 g/mol. The number of halogens is 1. The largest absolute Gasteiger partial charge is 0.490 e. The van der Waals surface area contributed by atoms with Crippen molar-refractivity contribution in [2.45, 2.75) is 45.7 Å². The molecule has 2 atom stereocenters. The van der Waals surface area contributed by atoms with Gasteiger partial charge in [0, 0.05) is 6.04 Å². The minimum atomic E-state index is -0.295. The van der Waals surface area contributed by atoms with Gasteiger partial charge in [0.2, 0.25) is 0 Å². The lowest BCUT2D eigenvalue weighted by molar-refractivity contribution is 0.285. The Hall–Kier alpha value is -1.53. The monoisotopic (exact) mass is 335 g/mol. The van der Waals surface area contributed by atoms with Gasteiger partial charge in [-0.25, -0.2) is 4.39 Å². The van der Waals surface area contributed by atoms with Crippen LogP contribution < -0.4 is 10.1 Å². The van der Waals surface area contributed by atoms with Crippen LogP contribution in [0.2, 0.25) is 0 Å².